The number of fused-ring (bicyclic) bond motifs is 1. The summed E-state index contributed by atoms with van der Waals surface area (Å²) in [6, 6.07) is 5.81. The highest BCUT2D eigenvalue weighted by Gasteiger charge is 2.20. The summed E-state index contributed by atoms with van der Waals surface area (Å²) >= 11 is 0. The Morgan fingerprint density at radius 3 is 2.64 bits per heavy atom. The highest BCUT2D eigenvalue weighted by molar-refractivity contribution is 5.88. The van der Waals surface area contributed by atoms with E-state index in [9.17, 15) is 0 Å². The molecule has 6 nitrogen and oxygen atoms in total. The fourth-order valence-corrected chi connectivity index (χ4v) is 2.68. The zero-order valence-corrected chi connectivity index (χ0v) is 12.3. The molecule has 1 aliphatic heterocycles. The van der Waals surface area contributed by atoms with Gasteiger partial charge in [-0.15, -0.1) is 0 Å². The van der Waals surface area contributed by atoms with E-state index in [1.54, 1.807) is 12.4 Å². The van der Waals surface area contributed by atoms with E-state index >= 15 is 0 Å². The molecule has 0 spiro atoms. The van der Waals surface area contributed by atoms with E-state index in [1.807, 2.05) is 25.1 Å². The highest BCUT2D eigenvalue weighted by atomic mass is 16.5. The largest absolute Gasteiger partial charge is 0.450 e. The zero-order valence-electron chi connectivity index (χ0n) is 12.3. The fraction of sp³-hybridized carbons (Fsp3) is 0.312. The molecule has 1 saturated heterocycles. The van der Waals surface area contributed by atoms with Gasteiger partial charge in [-0.1, -0.05) is 0 Å². The van der Waals surface area contributed by atoms with Gasteiger partial charge in [0.15, 0.2) is 11.4 Å². The minimum Gasteiger partial charge on any atom is -0.450 e. The average Bonchev–Trinajstić information content (AvgIpc) is 2.99. The van der Waals surface area contributed by atoms with Crippen LogP contribution in [0.25, 0.3) is 22.4 Å². The summed E-state index contributed by atoms with van der Waals surface area (Å²) in [6.07, 6.45) is 3.50. The molecule has 6 heteroatoms. The van der Waals surface area contributed by atoms with Gasteiger partial charge in [0, 0.05) is 37.1 Å². The minimum atomic E-state index is 0.711. The first-order chi connectivity index (χ1) is 10.8. The van der Waals surface area contributed by atoms with Crippen molar-refractivity contribution in [3.05, 3.63) is 36.4 Å². The lowest BCUT2D eigenvalue weighted by atomic mass is 10.2. The molecule has 0 atom stereocenters. The maximum atomic E-state index is 6.06. The first-order valence-corrected chi connectivity index (χ1v) is 7.32. The van der Waals surface area contributed by atoms with Crippen molar-refractivity contribution in [2.75, 3.05) is 31.2 Å². The van der Waals surface area contributed by atoms with Crippen LogP contribution < -0.4 is 4.90 Å². The number of furan rings is 1. The van der Waals surface area contributed by atoms with Crippen molar-refractivity contribution in [2.45, 2.75) is 6.92 Å². The van der Waals surface area contributed by atoms with Crippen LogP contribution in [0.2, 0.25) is 0 Å². The van der Waals surface area contributed by atoms with Gasteiger partial charge in [0.2, 0.25) is 0 Å². The molecule has 0 N–H and O–H groups in total. The Morgan fingerprint density at radius 1 is 1.09 bits per heavy atom. The Morgan fingerprint density at radius 2 is 1.86 bits per heavy atom. The van der Waals surface area contributed by atoms with Crippen LogP contribution in [0.3, 0.4) is 0 Å². The number of aromatic nitrogens is 3. The van der Waals surface area contributed by atoms with Gasteiger partial charge in [0.1, 0.15) is 17.1 Å². The number of anilines is 1. The van der Waals surface area contributed by atoms with Crippen LogP contribution in [0.15, 0.2) is 35.0 Å². The van der Waals surface area contributed by atoms with Crippen molar-refractivity contribution in [1.29, 1.82) is 0 Å². The maximum absolute atomic E-state index is 6.06. The fourth-order valence-electron chi connectivity index (χ4n) is 2.68. The number of pyridine rings is 1. The van der Waals surface area contributed by atoms with Crippen LogP contribution in [-0.2, 0) is 4.74 Å². The van der Waals surface area contributed by atoms with Crippen LogP contribution in [-0.4, -0.2) is 41.3 Å². The second kappa shape index (κ2) is 5.38. The molecule has 0 aromatic carbocycles. The van der Waals surface area contributed by atoms with E-state index in [2.05, 4.69) is 19.9 Å². The summed E-state index contributed by atoms with van der Waals surface area (Å²) in [7, 11) is 0. The van der Waals surface area contributed by atoms with Crippen LogP contribution in [0.4, 0.5) is 5.82 Å². The quantitative estimate of drug-likeness (QED) is 0.723. The molecule has 0 saturated carbocycles. The third-order valence-corrected chi connectivity index (χ3v) is 3.74. The molecular weight excluding hydrogens is 280 g/mol. The van der Waals surface area contributed by atoms with E-state index < -0.39 is 0 Å². The van der Waals surface area contributed by atoms with Crippen molar-refractivity contribution in [3.8, 4) is 11.3 Å². The Bertz CT molecular complexity index is 795. The maximum Gasteiger partial charge on any atom is 0.195 e. The number of hydrogen-bond acceptors (Lipinski definition) is 6. The second-order valence-electron chi connectivity index (χ2n) is 5.25. The molecule has 22 heavy (non-hydrogen) atoms. The first kappa shape index (κ1) is 13.2. The van der Waals surface area contributed by atoms with Crippen molar-refractivity contribution >= 4 is 16.9 Å². The van der Waals surface area contributed by atoms with Crippen LogP contribution in [0, 0.1) is 6.92 Å². The van der Waals surface area contributed by atoms with E-state index in [0.29, 0.717) is 13.2 Å². The van der Waals surface area contributed by atoms with E-state index in [0.717, 1.165) is 47.2 Å². The molecule has 1 fully saturated rings. The van der Waals surface area contributed by atoms with Crippen LogP contribution in [0.1, 0.15) is 5.82 Å². The summed E-state index contributed by atoms with van der Waals surface area (Å²) < 4.78 is 11.5. The molecule has 3 aromatic rings. The summed E-state index contributed by atoms with van der Waals surface area (Å²) in [5.74, 6) is 2.38. The molecule has 4 rings (SSSR count). The highest BCUT2D eigenvalue weighted by Crippen LogP contribution is 2.32. The predicted molar refractivity (Wildman–Crippen MR) is 82.8 cm³/mol. The zero-order chi connectivity index (χ0) is 14.9. The van der Waals surface area contributed by atoms with E-state index in [4.69, 9.17) is 9.15 Å². The second-order valence-corrected chi connectivity index (χ2v) is 5.25. The Kier molecular flexibility index (Phi) is 3.23. The van der Waals surface area contributed by atoms with E-state index in [-0.39, 0.29) is 0 Å². The SMILES string of the molecule is Cc1nc(N2CCOCC2)c2oc(-c3ccncc3)cc2n1. The number of nitrogens with zero attached hydrogens (tertiary/aromatic N) is 4. The van der Waals surface area contributed by atoms with Gasteiger partial charge in [-0.3, -0.25) is 4.98 Å². The standard InChI is InChI=1S/C16H16N4O2/c1-11-18-13-10-14(12-2-4-17-5-3-12)22-15(13)16(19-11)20-6-8-21-9-7-20/h2-5,10H,6-9H2,1H3. The lowest BCUT2D eigenvalue weighted by molar-refractivity contribution is 0.122. The number of hydrogen-bond donors (Lipinski definition) is 0. The van der Waals surface area contributed by atoms with E-state index in [1.165, 1.54) is 0 Å². The summed E-state index contributed by atoms with van der Waals surface area (Å²) in [4.78, 5) is 15.3. The summed E-state index contributed by atoms with van der Waals surface area (Å²) in [5.41, 5.74) is 2.55. The van der Waals surface area contributed by atoms with Gasteiger partial charge in [0.25, 0.3) is 0 Å². The number of aryl methyl sites for hydroxylation is 1. The number of morpholine rings is 1. The topological polar surface area (TPSA) is 64.3 Å². The molecule has 0 bridgehead atoms. The predicted octanol–water partition coefficient (Wildman–Crippen LogP) is 2.43. The van der Waals surface area contributed by atoms with Crippen molar-refractivity contribution < 1.29 is 9.15 Å². The lowest BCUT2D eigenvalue weighted by Gasteiger charge is -2.27. The molecule has 0 unspecified atom stereocenters. The number of rotatable bonds is 2. The van der Waals surface area contributed by atoms with Crippen LogP contribution >= 0.6 is 0 Å². The summed E-state index contributed by atoms with van der Waals surface area (Å²) in [6.45, 7) is 4.96. The smallest absolute Gasteiger partial charge is 0.195 e. The van der Waals surface area contributed by atoms with Crippen molar-refractivity contribution in [1.82, 2.24) is 15.0 Å². The Hall–Kier alpha value is -2.47. The Labute approximate surface area is 127 Å². The third kappa shape index (κ3) is 2.31. The van der Waals surface area contributed by atoms with Gasteiger partial charge < -0.3 is 14.1 Å². The van der Waals surface area contributed by atoms with Crippen molar-refractivity contribution in [2.24, 2.45) is 0 Å². The van der Waals surface area contributed by atoms with Crippen LogP contribution in [0.5, 0.6) is 0 Å². The molecule has 1 aliphatic rings. The number of ether oxygens (including phenoxy) is 1. The first-order valence-electron chi connectivity index (χ1n) is 7.32. The molecule has 4 heterocycles. The van der Waals surface area contributed by atoms with Gasteiger partial charge in [-0.05, 0) is 19.1 Å². The molecule has 112 valence electrons. The monoisotopic (exact) mass is 296 g/mol. The lowest BCUT2D eigenvalue weighted by Crippen LogP contribution is -2.37. The van der Waals surface area contributed by atoms with Gasteiger partial charge in [-0.25, -0.2) is 9.97 Å². The van der Waals surface area contributed by atoms with Gasteiger partial charge in [0.05, 0.1) is 13.2 Å². The molecule has 3 aromatic heterocycles. The normalized spacial score (nSPS) is 15.4. The van der Waals surface area contributed by atoms with Gasteiger partial charge >= 0.3 is 0 Å². The molecule has 0 aliphatic carbocycles. The average molecular weight is 296 g/mol. The molecular formula is C16H16N4O2. The molecule has 0 amide bonds. The van der Waals surface area contributed by atoms with Crippen molar-refractivity contribution in [3.63, 3.8) is 0 Å². The minimum absolute atomic E-state index is 0.711. The Balaban J connectivity index is 1.84. The molecule has 0 radical (unpaired) electrons. The third-order valence-electron chi connectivity index (χ3n) is 3.74. The summed E-state index contributed by atoms with van der Waals surface area (Å²) in [5, 5.41) is 0. The van der Waals surface area contributed by atoms with Gasteiger partial charge in [-0.2, -0.15) is 0 Å².